The summed E-state index contributed by atoms with van der Waals surface area (Å²) in [5.41, 5.74) is 2.99. The number of carbonyl (C=O) groups excluding carboxylic acids is 1. The Morgan fingerprint density at radius 2 is 2.13 bits per heavy atom. The molecule has 1 atom stereocenters. The lowest BCUT2D eigenvalue weighted by Gasteiger charge is -2.34. The van der Waals surface area contributed by atoms with Gasteiger partial charge in [-0.25, -0.2) is 4.39 Å². The summed E-state index contributed by atoms with van der Waals surface area (Å²) in [5, 5.41) is 2.95. The number of benzene rings is 2. The lowest BCUT2D eigenvalue weighted by atomic mass is 9.93. The fraction of sp³-hybridized carbons (Fsp3) is 0.278. The van der Waals surface area contributed by atoms with Crippen LogP contribution in [0.5, 0.6) is 0 Å². The van der Waals surface area contributed by atoms with Gasteiger partial charge >= 0.3 is 0 Å². The molecule has 1 aliphatic rings. The highest BCUT2D eigenvalue weighted by Crippen LogP contribution is 2.29. The fourth-order valence-corrected chi connectivity index (χ4v) is 3.51. The molecule has 0 saturated carbocycles. The van der Waals surface area contributed by atoms with E-state index in [1.54, 1.807) is 6.07 Å². The molecule has 2 aromatic carbocycles. The Labute approximate surface area is 149 Å². The molecule has 23 heavy (non-hydrogen) atoms. The number of para-hydroxylation sites is 1. The van der Waals surface area contributed by atoms with Crippen LogP contribution in [0.25, 0.3) is 0 Å². The number of hydrogen-bond acceptors (Lipinski definition) is 2. The number of fused-ring (bicyclic) bond motifs is 1. The van der Waals surface area contributed by atoms with Gasteiger partial charge in [-0.1, -0.05) is 18.2 Å². The summed E-state index contributed by atoms with van der Waals surface area (Å²) in [6.07, 6.45) is 0.843. The zero-order valence-corrected chi connectivity index (χ0v) is 15.0. The van der Waals surface area contributed by atoms with Gasteiger partial charge in [-0.2, -0.15) is 0 Å². The highest BCUT2D eigenvalue weighted by Gasteiger charge is 2.25. The van der Waals surface area contributed by atoms with Gasteiger partial charge < -0.3 is 5.32 Å². The SMILES string of the molecule is CC1c2cc(F)ccc2CCN1CC(=O)Nc1ccccc1I. The molecular weight excluding hydrogens is 406 g/mol. The summed E-state index contributed by atoms with van der Waals surface area (Å²) in [6.45, 7) is 3.14. The molecule has 1 heterocycles. The Hall–Kier alpha value is -1.47. The third-order valence-corrected chi connectivity index (χ3v) is 5.21. The van der Waals surface area contributed by atoms with Crippen LogP contribution in [0.4, 0.5) is 10.1 Å². The van der Waals surface area contributed by atoms with E-state index in [0.717, 1.165) is 27.8 Å². The Bertz CT molecular complexity index is 735. The van der Waals surface area contributed by atoms with Crippen LogP contribution in [-0.2, 0) is 11.2 Å². The van der Waals surface area contributed by atoms with Crippen LogP contribution in [0.15, 0.2) is 42.5 Å². The summed E-state index contributed by atoms with van der Waals surface area (Å²) < 4.78 is 14.5. The molecule has 0 saturated heterocycles. The molecule has 2 aromatic rings. The monoisotopic (exact) mass is 424 g/mol. The molecule has 3 rings (SSSR count). The van der Waals surface area contributed by atoms with Gasteiger partial charge in [0.2, 0.25) is 5.91 Å². The van der Waals surface area contributed by atoms with Crippen LogP contribution in [0.1, 0.15) is 24.1 Å². The highest BCUT2D eigenvalue weighted by molar-refractivity contribution is 14.1. The van der Waals surface area contributed by atoms with E-state index in [1.807, 2.05) is 37.3 Å². The van der Waals surface area contributed by atoms with Crippen LogP contribution >= 0.6 is 22.6 Å². The second-order valence-corrected chi connectivity index (χ2v) is 6.93. The van der Waals surface area contributed by atoms with Crippen molar-refractivity contribution in [2.45, 2.75) is 19.4 Å². The van der Waals surface area contributed by atoms with Crippen molar-refractivity contribution in [3.05, 3.63) is 63.0 Å². The van der Waals surface area contributed by atoms with Gasteiger partial charge in [-0.15, -0.1) is 0 Å². The van der Waals surface area contributed by atoms with Gasteiger partial charge in [-0.3, -0.25) is 9.69 Å². The number of nitrogens with zero attached hydrogens (tertiary/aromatic N) is 1. The average Bonchev–Trinajstić information content (AvgIpc) is 2.53. The molecule has 1 unspecified atom stereocenters. The van der Waals surface area contributed by atoms with E-state index < -0.39 is 0 Å². The second kappa shape index (κ2) is 6.97. The molecule has 5 heteroatoms. The van der Waals surface area contributed by atoms with E-state index in [4.69, 9.17) is 0 Å². The maximum absolute atomic E-state index is 13.5. The quantitative estimate of drug-likeness (QED) is 0.757. The van der Waals surface area contributed by atoms with Crippen LogP contribution in [0.3, 0.4) is 0 Å². The zero-order chi connectivity index (χ0) is 16.4. The molecule has 1 amide bonds. The molecular formula is C18H18FIN2O. The summed E-state index contributed by atoms with van der Waals surface area (Å²) in [5.74, 6) is -0.262. The van der Waals surface area contributed by atoms with E-state index >= 15 is 0 Å². The van der Waals surface area contributed by atoms with Gasteiger partial charge in [-0.05, 0) is 71.3 Å². The number of nitrogens with one attached hydrogen (secondary N) is 1. The Morgan fingerprint density at radius 3 is 2.91 bits per heavy atom. The number of rotatable bonds is 3. The molecule has 0 radical (unpaired) electrons. The lowest BCUT2D eigenvalue weighted by molar-refractivity contribution is -0.117. The number of anilines is 1. The van der Waals surface area contributed by atoms with Crippen molar-refractivity contribution in [3.63, 3.8) is 0 Å². The molecule has 0 spiro atoms. The van der Waals surface area contributed by atoms with Crippen molar-refractivity contribution in [2.24, 2.45) is 0 Å². The van der Waals surface area contributed by atoms with E-state index in [2.05, 4.69) is 32.8 Å². The summed E-state index contributed by atoms with van der Waals surface area (Å²) in [4.78, 5) is 14.4. The van der Waals surface area contributed by atoms with Gasteiger partial charge in [0.1, 0.15) is 5.82 Å². The molecule has 1 N–H and O–H groups in total. The first kappa shape index (κ1) is 16.4. The van der Waals surface area contributed by atoms with Crippen molar-refractivity contribution in [1.82, 2.24) is 4.90 Å². The van der Waals surface area contributed by atoms with Crippen molar-refractivity contribution < 1.29 is 9.18 Å². The maximum atomic E-state index is 13.5. The van der Waals surface area contributed by atoms with Crippen LogP contribution in [0.2, 0.25) is 0 Å². The summed E-state index contributed by atoms with van der Waals surface area (Å²) >= 11 is 2.20. The second-order valence-electron chi connectivity index (χ2n) is 5.77. The minimum atomic E-state index is -0.222. The van der Waals surface area contributed by atoms with Gasteiger partial charge in [0, 0.05) is 16.2 Å². The Kier molecular flexibility index (Phi) is 4.96. The zero-order valence-electron chi connectivity index (χ0n) is 12.9. The van der Waals surface area contributed by atoms with Gasteiger partial charge in [0.15, 0.2) is 0 Å². The van der Waals surface area contributed by atoms with Gasteiger partial charge in [0.05, 0.1) is 12.2 Å². The largest absolute Gasteiger partial charge is 0.324 e. The average molecular weight is 424 g/mol. The maximum Gasteiger partial charge on any atom is 0.238 e. The first-order valence-corrected chi connectivity index (χ1v) is 8.69. The van der Waals surface area contributed by atoms with Crippen molar-refractivity contribution in [2.75, 3.05) is 18.4 Å². The summed E-state index contributed by atoms with van der Waals surface area (Å²) in [6, 6.07) is 12.7. The summed E-state index contributed by atoms with van der Waals surface area (Å²) in [7, 11) is 0. The van der Waals surface area contributed by atoms with E-state index in [9.17, 15) is 9.18 Å². The molecule has 0 bridgehead atoms. The molecule has 120 valence electrons. The normalized spacial score (nSPS) is 17.6. The van der Waals surface area contributed by atoms with Crippen LogP contribution < -0.4 is 5.32 Å². The van der Waals surface area contributed by atoms with E-state index in [1.165, 1.54) is 11.6 Å². The minimum Gasteiger partial charge on any atom is -0.324 e. The smallest absolute Gasteiger partial charge is 0.238 e. The Morgan fingerprint density at radius 1 is 1.35 bits per heavy atom. The van der Waals surface area contributed by atoms with Gasteiger partial charge in [0.25, 0.3) is 0 Å². The third kappa shape index (κ3) is 3.72. The molecule has 1 aliphatic heterocycles. The van der Waals surface area contributed by atoms with Crippen molar-refractivity contribution >= 4 is 34.2 Å². The fourth-order valence-electron chi connectivity index (χ4n) is 2.99. The molecule has 0 aromatic heterocycles. The molecule has 0 aliphatic carbocycles. The first-order chi connectivity index (χ1) is 11.0. The number of carbonyl (C=O) groups is 1. The molecule has 3 nitrogen and oxygen atoms in total. The topological polar surface area (TPSA) is 32.3 Å². The first-order valence-electron chi connectivity index (χ1n) is 7.61. The van der Waals surface area contributed by atoms with Crippen LogP contribution in [-0.4, -0.2) is 23.9 Å². The standard InChI is InChI=1S/C18H18FIN2O/c1-12-15-10-14(19)7-6-13(15)8-9-22(12)11-18(23)21-17-5-3-2-4-16(17)20/h2-7,10,12H,8-9,11H2,1H3,(H,21,23). The lowest BCUT2D eigenvalue weighted by Crippen LogP contribution is -2.39. The Balaban J connectivity index is 1.69. The predicted molar refractivity (Wildman–Crippen MR) is 97.9 cm³/mol. The minimum absolute atomic E-state index is 0.0371. The third-order valence-electron chi connectivity index (χ3n) is 4.27. The predicted octanol–water partition coefficient (Wildman–Crippen LogP) is 3.99. The van der Waals surface area contributed by atoms with Crippen molar-refractivity contribution in [1.29, 1.82) is 0 Å². The number of hydrogen-bond donors (Lipinski definition) is 1. The van der Waals surface area contributed by atoms with E-state index in [-0.39, 0.29) is 17.8 Å². The molecule has 0 fully saturated rings. The number of halogens is 2. The van der Waals surface area contributed by atoms with Crippen LogP contribution in [0, 0.1) is 9.39 Å². The van der Waals surface area contributed by atoms with E-state index in [0.29, 0.717) is 6.54 Å². The van der Waals surface area contributed by atoms with Crippen molar-refractivity contribution in [3.8, 4) is 0 Å². The number of amides is 1. The highest BCUT2D eigenvalue weighted by atomic mass is 127.